The number of rotatable bonds is 4. The molecule has 0 spiro atoms. The fraction of sp³-hybridized carbons (Fsp3) is 0.238. The molecule has 2 heterocycles. The summed E-state index contributed by atoms with van der Waals surface area (Å²) in [5.74, 6) is 1.23. The van der Waals surface area contributed by atoms with Gasteiger partial charge in [-0.15, -0.1) is 0 Å². The number of urea groups is 1. The number of ether oxygens (including phenoxy) is 1. The summed E-state index contributed by atoms with van der Waals surface area (Å²) in [6.07, 6.45) is 0.757. The summed E-state index contributed by atoms with van der Waals surface area (Å²) in [5, 5.41) is 6.61. The van der Waals surface area contributed by atoms with Gasteiger partial charge in [-0.25, -0.2) is 4.79 Å². The van der Waals surface area contributed by atoms with Crippen molar-refractivity contribution in [1.82, 2.24) is 4.90 Å². The highest BCUT2D eigenvalue weighted by Gasteiger charge is 2.19. The predicted octanol–water partition coefficient (Wildman–Crippen LogP) is 3.99. The first-order valence-corrected chi connectivity index (χ1v) is 9.13. The lowest BCUT2D eigenvalue weighted by molar-refractivity contribution is -0.118. The molecular weight excluding hydrogens is 358 g/mol. The van der Waals surface area contributed by atoms with Gasteiger partial charge in [-0.3, -0.25) is 4.79 Å². The molecule has 1 aliphatic heterocycles. The molecule has 7 nitrogen and oxygen atoms in total. The van der Waals surface area contributed by atoms with Crippen LogP contribution in [0.1, 0.15) is 18.2 Å². The number of nitrogens with zero attached hydrogens (tertiary/aromatic N) is 1. The number of nitrogens with one attached hydrogen (secondary N) is 2. The maximum absolute atomic E-state index is 12.7. The molecule has 0 radical (unpaired) electrons. The van der Waals surface area contributed by atoms with Crippen molar-refractivity contribution in [3.63, 3.8) is 0 Å². The number of benzene rings is 2. The number of hydrogen-bond donors (Lipinski definition) is 2. The number of anilines is 2. The largest absolute Gasteiger partial charge is 0.482 e. The Balaban J connectivity index is 1.49. The minimum Gasteiger partial charge on any atom is -0.482 e. The summed E-state index contributed by atoms with van der Waals surface area (Å²) in [6.45, 7) is 2.44. The van der Waals surface area contributed by atoms with E-state index in [2.05, 4.69) is 10.6 Å². The zero-order chi connectivity index (χ0) is 19.7. The summed E-state index contributed by atoms with van der Waals surface area (Å²) in [4.78, 5) is 25.6. The van der Waals surface area contributed by atoms with E-state index in [0.29, 0.717) is 23.7 Å². The third-order valence-corrected chi connectivity index (χ3v) is 4.71. The minimum absolute atomic E-state index is 0.0301. The van der Waals surface area contributed by atoms with E-state index in [1.165, 1.54) is 0 Å². The van der Waals surface area contributed by atoms with Gasteiger partial charge >= 0.3 is 6.03 Å². The third kappa shape index (κ3) is 3.38. The minimum atomic E-state index is -0.243. The number of fused-ring (bicyclic) bond motifs is 2. The fourth-order valence-corrected chi connectivity index (χ4v) is 3.29. The number of carbonyl (C=O) groups is 2. The molecule has 3 aromatic rings. The molecule has 144 valence electrons. The van der Waals surface area contributed by atoms with E-state index in [0.717, 1.165) is 28.7 Å². The van der Waals surface area contributed by atoms with Gasteiger partial charge in [0.25, 0.3) is 5.91 Å². The molecule has 1 aliphatic rings. The Morgan fingerprint density at radius 1 is 1.25 bits per heavy atom. The molecule has 0 atom stereocenters. The van der Waals surface area contributed by atoms with Crippen molar-refractivity contribution >= 4 is 34.3 Å². The first kappa shape index (κ1) is 17.9. The van der Waals surface area contributed by atoms with E-state index in [9.17, 15) is 9.59 Å². The van der Waals surface area contributed by atoms with Gasteiger partial charge in [0.2, 0.25) is 0 Å². The number of furan rings is 1. The maximum atomic E-state index is 12.7. The number of para-hydroxylation sites is 1. The molecule has 4 rings (SSSR count). The smallest absolute Gasteiger partial charge is 0.321 e. The fourth-order valence-electron chi connectivity index (χ4n) is 3.29. The molecule has 7 heteroatoms. The summed E-state index contributed by atoms with van der Waals surface area (Å²) in [7, 11) is 1.74. The van der Waals surface area contributed by atoms with Crippen LogP contribution in [0.5, 0.6) is 5.75 Å². The second-order valence-corrected chi connectivity index (χ2v) is 6.69. The van der Waals surface area contributed by atoms with E-state index in [1.54, 1.807) is 30.1 Å². The van der Waals surface area contributed by atoms with Crippen LogP contribution < -0.4 is 15.4 Å². The topological polar surface area (TPSA) is 83.8 Å². The maximum Gasteiger partial charge on any atom is 0.321 e. The van der Waals surface area contributed by atoms with E-state index >= 15 is 0 Å². The normalized spacial score (nSPS) is 12.9. The summed E-state index contributed by atoms with van der Waals surface area (Å²) >= 11 is 0. The van der Waals surface area contributed by atoms with Gasteiger partial charge < -0.3 is 24.7 Å². The summed E-state index contributed by atoms with van der Waals surface area (Å²) in [5.41, 5.74) is 3.05. The van der Waals surface area contributed by atoms with Gasteiger partial charge in [-0.1, -0.05) is 25.1 Å². The van der Waals surface area contributed by atoms with Crippen molar-refractivity contribution in [3.05, 3.63) is 53.8 Å². The van der Waals surface area contributed by atoms with Crippen LogP contribution in [0.25, 0.3) is 11.0 Å². The van der Waals surface area contributed by atoms with E-state index in [4.69, 9.17) is 9.15 Å². The van der Waals surface area contributed by atoms with Gasteiger partial charge in [-0.05, 0) is 18.2 Å². The Morgan fingerprint density at radius 3 is 2.89 bits per heavy atom. The molecule has 3 amide bonds. The standard InChI is InChI=1S/C21H21N3O4/c1-3-17-15(14-6-4-5-7-18(14)28-17)11-24(2)21(26)22-13-8-9-16-19(10-13)27-12-20(25)23-16/h4-10H,3,11-12H2,1-2H3,(H,22,26)(H,23,25). The second kappa shape index (κ2) is 7.26. The van der Waals surface area contributed by atoms with Gasteiger partial charge in [0.05, 0.1) is 12.2 Å². The number of amides is 3. The summed E-state index contributed by atoms with van der Waals surface area (Å²) in [6, 6.07) is 12.7. The van der Waals surface area contributed by atoms with Crippen molar-refractivity contribution in [2.45, 2.75) is 19.9 Å². The van der Waals surface area contributed by atoms with E-state index < -0.39 is 0 Å². The van der Waals surface area contributed by atoms with Crippen molar-refractivity contribution in [1.29, 1.82) is 0 Å². The molecule has 28 heavy (non-hydrogen) atoms. The molecule has 0 fully saturated rings. The van der Waals surface area contributed by atoms with Crippen LogP contribution in [0.3, 0.4) is 0 Å². The second-order valence-electron chi connectivity index (χ2n) is 6.69. The lowest BCUT2D eigenvalue weighted by Gasteiger charge is -2.21. The third-order valence-electron chi connectivity index (χ3n) is 4.71. The summed E-state index contributed by atoms with van der Waals surface area (Å²) < 4.78 is 11.3. The molecule has 1 aromatic heterocycles. The first-order valence-electron chi connectivity index (χ1n) is 9.13. The van der Waals surface area contributed by atoms with Crippen molar-refractivity contribution in [2.24, 2.45) is 0 Å². The van der Waals surface area contributed by atoms with Gasteiger partial charge in [0.1, 0.15) is 17.1 Å². The van der Waals surface area contributed by atoms with Crippen molar-refractivity contribution in [2.75, 3.05) is 24.3 Å². The lowest BCUT2D eigenvalue weighted by Crippen LogP contribution is -2.31. The number of aryl methyl sites for hydroxylation is 1. The predicted molar refractivity (Wildman–Crippen MR) is 107 cm³/mol. The quantitative estimate of drug-likeness (QED) is 0.718. The van der Waals surface area contributed by atoms with Gasteiger partial charge in [0, 0.05) is 36.2 Å². The zero-order valence-corrected chi connectivity index (χ0v) is 15.7. The highest BCUT2D eigenvalue weighted by atomic mass is 16.5. The van der Waals surface area contributed by atoms with E-state index in [-0.39, 0.29) is 18.5 Å². The van der Waals surface area contributed by atoms with Crippen LogP contribution in [0.15, 0.2) is 46.9 Å². The van der Waals surface area contributed by atoms with E-state index in [1.807, 2.05) is 31.2 Å². The van der Waals surface area contributed by atoms with Crippen molar-refractivity contribution < 1.29 is 18.7 Å². The van der Waals surface area contributed by atoms with Crippen LogP contribution in [0, 0.1) is 0 Å². The Hall–Kier alpha value is -3.48. The van der Waals surface area contributed by atoms with Crippen LogP contribution in [0.4, 0.5) is 16.2 Å². The molecule has 2 N–H and O–H groups in total. The number of hydrogen-bond acceptors (Lipinski definition) is 4. The Kier molecular flexibility index (Phi) is 4.65. The average Bonchev–Trinajstić information content (AvgIpc) is 3.05. The monoisotopic (exact) mass is 379 g/mol. The molecular formula is C21H21N3O4. The number of carbonyl (C=O) groups excluding carboxylic acids is 2. The molecule has 0 unspecified atom stereocenters. The molecule has 0 aliphatic carbocycles. The zero-order valence-electron chi connectivity index (χ0n) is 15.7. The van der Waals surface area contributed by atoms with Crippen LogP contribution in [0.2, 0.25) is 0 Å². The van der Waals surface area contributed by atoms with Gasteiger partial charge in [0.15, 0.2) is 6.61 Å². The lowest BCUT2D eigenvalue weighted by atomic mass is 10.1. The molecule has 0 saturated carbocycles. The Morgan fingerprint density at radius 2 is 2.07 bits per heavy atom. The molecule has 0 bridgehead atoms. The SMILES string of the molecule is CCc1oc2ccccc2c1CN(C)C(=O)Nc1ccc2c(c1)OCC(=O)N2. The Bertz CT molecular complexity index is 1060. The first-order chi connectivity index (χ1) is 13.5. The highest BCUT2D eigenvalue weighted by Crippen LogP contribution is 2.31. The Labute approximate surface area is 162 Å². The van der Waals surface area contributed by atoms with Crippen molar-refractivity contribution in [3.8, 4) is 5.75 Å². The molecule has 2 aromatic carbocycles. The van der Waals surface area contributed by atoms with Crippen LogP contribution >= 0.6 is 0 Å². The average molecular weight is 379 g/mol. The van der Waals surface area contributed by atoms with Crippen LogP contribution in [-0.4, -0.2) is 30.5 Å². The highest BCUT2D eigenvalue weighted by molar-refractivity contribution is 5.96. The van der Waals surface area contributed by atoms with Crippen LogP contribution in [-0.2, 0) is 17.8 Å². The van der Waals surface area contributed by atoms with Gasteiger partial charge in [-0.2, -0.15) is 0 Å². The molecule has 0 saturated heterocycles.